The zero-order valence-corrected chi connectivity index (χ0v) is 17.3. The number of likely N-dealkylation sites (tertiary alicyclic amines) is 1. The number of rotatable bonds is 7. The first kappa shape index (κ1) is 20.5. The molecule has 1 saturated heterocycles. The van der Waals surface area contributed by atoms with Crippen LogP contribution in [0.15, 0.2) is 47.5 Å². The van der Waals surface area contributed by atoms with Crippen molar-refractivity contribution in [2.24, 2.45) is 0 Å². The van der Waals surface area contributed by atoms with Gasteiger partial charge in [-0.1, -0.05) is 12.1 Å². The van der Waals surface area contributed by atoms with Crippen molar-refractivity contribution in [3.05, 3.63) is 48.3 Å². The summed E-state index contributed by atoms with van der Waals surface area (Å²) in [6.45, 7) is 1.36. The first-order valence-electron chi connectivity index (χ1n) is 9.93. The number of aromatic nitrogens is 2. The van der Waals surface area contributed by atoms with Crippen molar-refractivity contribution in [3.63, 3.8) is 0 Å². The average molecular weight is 429 g/mol. The largest absolute Gasteiger partial charge is 0.395 e. The molecule has 8 nitrogen and oxygen atoms in total. The predicted octanol–water partition coefficient (Wildman–Crippen LogP) is 1.67. The number of aromatic amines is 1. The van der Waals surface area contributed by atoms with Gasteiger partial charge in [0.15, 0.2) is 0 Å². The number of H-pyrrole nitrogens is 1. The molecule has 2 aromatic heterocycles. The summed E-state index contributed by atoms with van der Waals surface area (Å²) in [5.74, 6) is 0.116. The maximum absolute atomic E-state index is 12.5. The van der Waals surface area contributed by atoms with Crippen molar-refractivity contribution in [2.75, 3.05) is 26.2 Å². The SMILES string of the molecule is O=C(Cc1cc2c(-c3ccc(S(=O)(=O)NCCO)cc3)ccnc2[nH]1)N1CCCC1. The van der Waals surface area contributed by atoms with E-state index in [4.69, 9.17) is 5.11 Å². The molecule has 1 amide bonds. The Morgan fingerprint density at radius 1 is 1.17 bits per heavy atom. The minimum atomic E-state index is -3.65. The highest BCUT2D eigenvalue weighted by Crippen LogP contribution is 2.29. The molecule has 3 heterocycles. The Morgan fingerprint density at radius 3 is 2.60 bits per heavy atom. The van der Waals surface area contributed by atoms with Crippen LogP contribution in [0.4, 0.5) is 0 Å². The van der Waals surface area contributed by atoms with Gasteiger partial charge in [-0.25, -0.2) is 18.1 Å². The van der Waals surface area contributed by atoms with Crippen LogP contribution >= 0.6 is 0 Å². The van der Waals surface area contributed by atoms with E-state index < -0.39 is 10.0 Å². The molecule has 3 N–H and O–H groups in total. The van der Waals surface area contributed by atoms with Gasteiger partial charge in [-0.2, -0.15) is 0 Å². The fraction of sp³-hybridized carbons (Fsp3) is 0.333. The van der Waals surface area contributed by atoms with E-state index in [-0.39, 0.29) is 24.0 Å². The second-order valence-corrected chi connectivity index (χ2v) is 9.09. The zero-order chi connectivity index (χ0) is 21.1. The molecule has 3 aromatic rings. The number of nitrogens with zero attached hydrogens (tertiary/aromatic N) is 2. The third kappa shape index (κ3) is 4.23. The fourth-order valence-corrected chi connectivity index (χ4v) is 4.77. The van der Waals surface area contributed by atoms with Gasteiger partial charge in [0.25, 0.3) is 0 Å². The normalized spacial score (nSPS) is 14.5. The van der Waals surface area contributed by atoms with Gasteiger partial charge < -0.3 is 15.0 Å². The zero-order valence-electron chi connectivity index (χ0n) is 16.5. The van der Waals surface area contributed by atoms with Gasteiger partial charge in [0.2, 0.25) is 15.9 Å². The average Bonchev–Trinajstić information content (AvgIpc) is 3.42. The van der Waals surface area contributed by atoms with Gasteiger partial charge in [-0.3, -0.25) is 4.79 Å². The Morgan fingerprint density at radius 2 is 1.90 bits per heavy atom. The fourth-order valence-electron chi connectivity index (χ4n) is 3.75. The van der Waals surface area contributed by atoms with Crippen LogP contribution in [0, 0.1) is 0 Å². The van der Waals surface area contributed by atoms with Crippen molar-refractivity contribution >= 4 is 27.0 Å². The number of fused-ring (bicyclic) bond motifs is 1. The molecule has 0 atom stereocenters. The Labute approximate surface area is 175 Å². The second kappa shape index (κ2) is 8.55. The molecule has 0 radical (unpaired) electrons. The lowest BCUT2D eigenvalue weighted by Crippen LogP contribution is -2.29. The van der Waals surface area contributed by atoms with E-state index in [9.17, 15) is 13.2 Å². The Kier molecular flexibility index (Phi) is 5.85. The number of aliphatic hydroxyl groups excluding tert-OH is 1. The summed E-state index contributed by atoms with van der Waals surface area (Å²) >= 11 is 0. The summed E-state index contributed by atoms with van der Waals surface area (Å²) in [7, 11) is -3.65. The molecule has 0 aliphatic carbocycles. The molecule has 9 heteroatoms. The number of hydrogen-bond donors (Lipinski definition) is 3. The first-order valence-corrected chi connectivity index (χ1v) is 11.4. The number of pyridine rings is 1. The molecule has 0 unspecified atom stereocenters. The molecule has 30 heavy (non-hydrogen) atoms. The maximum Gasteiger partial charge on any atom is 0.240 e. The number of carbonyl (C=O) groups excluding carboxylic acids is 1. The highest BCUT2D eigenvalue weighted by atomic mass is 32.2. The predicted molar refractivity (Wildman–Crippen MR) is 113 cm³/mol. The van der Waals surface area contributed by atoms with Crippen LogP contribution < -0.4 is 4.72 Å². The van der Waals surface area contributed by atoms with E-state index >= 15 is 0 Å². The van der Waals surface area contributed by atoms with Gasteiger partial charge in [0.05, 0.1) is 17.9 Å². The number of nitrogens with one attached hydrogen (secondary N) is 2. The number of aliphatic hydroxyl groups is 1. The van der Waals surface area contributed by atoms with Gasteiger partial charge >= 0.3 is 0 Å². The standard InChI is InChI=1S/C21H24N4O4S/c26-12-9-23-30(28,29)17-5-3-15(4-6-17)18-7-8-22-21-19(18)13-16(24-21)14-20(27)25-10-1-2-11-25/h3-8,13,23,26H,1-2,9-12,14H2,(H,22,24). The van der Waals surface area contributed by atoms with E-state index in [1.807, 2.05) is 17.0 Å². The van der Waals surface area contributed by atoms with Crippen molar-refractivity contribution in [1.82, 2.24) is 19.6 Å². The van der Waals surface area contributed by atoms with Gasteiger partial charge in [0, 0.05) is 36.9 Å². The molecule has 158 valence electrons. The molecule has 1 aromatic carbocycles. The third-order valence-corrected chi connectivity index (χ3v) is 6.74. The lowest BCUT2D eigenvalue weighted by molar-refractivity contribution is -0.129. The third-order valence-electron chi connectivity index (χ3n) is 5.27. The van der Waals surface area contributed by atoms with Crippen molar-refractivity contribution in [3.8, 4) is 11.1 Å². The maximum atomic E-state index is 12.5. The van der Waals surface area contributed by atoms with E-state index in [0.717, 1.165) is 48.1 Å². The minimum absolute atomic E-state index is 0.0304. The van der Waals surface area contributed by atoms with Crippen molar-refractivity contribution in [1.29, 1.82) is 0 Å². The second-order valence-electron chi connectivity index (χ2n) is 7.33. The number of amides is 1. The smallest absolute Gasteiger partial charge is 0.240 e. The van der Waals surface area contributed by atoms with Crippen LogP contribution in [0.3, 0.4) is 0 Å². The van der Waals surface area contributed by atoms with Crippen LogP contribution in [0.2, 0.25) is 0 Å². The van der Waals surface area contributed by atoms with Crippen LogP contribution in [0.25, 0.3) is 22.2 Å². The molecule has 4 rings (SSSR count). The molecule has 1 aliphatic rings. The lowest BCUT2D eigenvalue weighted by atomic mass is 10.0. The number of benzene rings is 1. The van der Waals surface area contributed by atoms with Gasteiger partial charge in [-0.05, 0) is 48.2 Å². The minimum Gasteiger partial charge on any atom is -0.395 e. The molecule has 0 bridgehead atoms. The summed E-state index contributed by atoms with van der Waals surface area (Å²) in [5, 5.41) is 9.71. The van der Waals surface area contributed by atoms with Crippen LogP contribution in [0.5, 0.6) is 0 Å². The van der Waals surface area contributed by atoms with Crippen LogP contribution in [-0.4, -0.2) is 60.5 Å². The summed E-state index contributed by atoms with van der Waals surface area (Å²) in [6.07, 6.45) is 4.12. The van der Waals surface area contributed by atoms with Crippen LogP contribution in [-0.2, 0) is 21.2 Å². The summed E-state index contributed by atoms with van der Waals surface area (Å²) < 4.78 is 26.7. The number of sulfonamides is 1. The van der Waals surface area contributed by atoms with Gasteiger partial charge in [-0.15, -0.1) is 0 Å². The van der Waals surface area contributed by atoms with E-state index in [2.05, 4.69) is 14.7 Å². The van der Waals surface area contributed by atoms with E-state index in [1.54, 1.807) is 18.3 Å². The quantitative estimate of drug-likeness (QED) is 0.529. The first-order chi connectivity index (χ1) is 14.5. The monoisotopic (exact) mass is 428 g/mol. The molecular formula is C21H24N4O4S. The number of carbonyl (C=O) groups is 1. The van der Waals surface area contributed by atoms with E-state index in [0.29, 0.717) is 12.1 Å². The topological polar surface area (TPSA) is 115 Å². The highest BCUT2D eigenvalue weighted by Gasteiger charge is 2.19. The summed E-state index contributed by atoms with van der Waals surface area (Å²) in [4.78, 5) is 22.1. The molecular weight excluding hydrogens is 404 g/mol. The Balaban J connectivity index is 1.59. The van der Waals surface area contributed by atoms with Crippen molar-refractivity contribution < 1.29 is 18.3 Å². The summed E-state index contributed by atoms with van der Waals surface area (Å²) in [6, 6.07) is 10.4. The Hall–Kier alpha value is -2.75. The van der Waals surface area contributed by atoms with E-state index in [1.165, 1.54) is 12.1 Å². The molecule has 1 fully saturated rings. The molecule has 0 saturated carbocycles. The lowest BCUT2D eigenvalue weighted by Gasteiger charge is -2.14. The Bertz CT molecular complexity index is 1150. The molecule has 1 aliphatic heterocycles. The van der Waals surface area contributed by atoms with Crippen molar-refractivity contribution in [2.45, 2.75) is 24.2 Å². The highest BCUT2D eigenvalue weighted by molar-refractivity contribution is 7.89. The molecule has 0 spiro atoms. The van der Waals surface area contributed by atoms with Crippen LogP contribution in [0.1, 0.15) is 18.5 Å². The number of hydrogen-bond acceptors (Lipinski definition) is 5. The summed E-state index contributed by atoms with van der Waals surface area (Å²) in [5.41, 5.74) is 3.26. The van der Waals surface area contributed by atoms with Gasteiger partial charge in [0.1, 0.15) is 5.65 Å².